The summed E-state index contributed by atoms with van der Waals surface area (Å²) >= 11 is 0. The molecule has 3 nitrogen and oxygen atoms in total. The van der Waals surface area contributed by atoms with E-state index in [1.165, 1.54) is 50.9 Å². The van der Waals surface area contributed by atoms with Crippen molar-refractivity contribution in [3.8, 4) is 0 Å². The molecule has 2 heterocycles. The van der Waals surface area contributed by atoms with Crippen molar-refractivity contribution in [2.45, 2.75) is 44.6 Å². The van der Waals surface area contributed by atoms with Crippen LogP contribution in [0.15, 0.2) is 24.4 Å². The lowest BCUT2D eigenvalue weighted by atomic mass is 9.83. The van der Waals surface area contributed by atoms with E-state index in [-0.39, 0.29) is 0 Å². The number of aromatic nitrogens is 1. The molecule has 2 fully saturated rings. The molecule has 1 unspecified atom stereocenters. The van der Waals surface area contributed by atoms with Gasteiger partial charge in [0.25, 0.3) is 0 Å². The average molecular weight is 273 g/mol. The first-order chi connectivity index (χ1) is 9.92. The molecule has 1 aromatic heterocycles. The highest BCUT2D eigenvalue weighted by Gasteiger charge is 2.27. The number of nitrogens with one attached hydrogen (secondary N) is 1. The smallest absolute Gasteiger partial charge is 0.0416 e. The van der Waals surface area contributed by atoms with Gasteiger partial charge in [-0.3, -0.25) is 4.98 Å². The number of pyridine rings is 1. The Labute approximate surface area is 122 Å². The topological polar surface area (TPSA) is 28.2 Å². The van der Waals surface area contributed by atoms with E-state index in [1.54, 1.807) is 0 Å². The Morgan fingerprint density at radius 1 is 1.20 bits per heavy atom. The minimum atomic E-state index is 0.729. The molecule has 20 heavy (non-hydrogen) atoms. The minimum Gasteiger partial charge on any atom is -0.311 e. The third-order valence-corrected chi connectivity index (χ3v) is 4.92. The van der Waals surface area contributed by atoms with E-state index < -0.39 is 0 Å². The van der Waals surface area contributed by atoms with Crippen LogP contribution in [0.2, 0.25) is 0 Å². The van der Waals surface area contributed by atoms with Crippen LogP contribution in [0.1, 0.15) is 37.8 Å². The van der Waals surface area contributed by atoms with Crippen LogP contribution in [-0.4, -0.2) is 42.1 Å². The highest BCUT2D eigenvalue weighted by Crippen LogP contribution is 2.27. The number of hydrogen-bond acceptors (Lipinski definition) is 3. The van der Waals surface area contributed by atoms with Crippen LogP contribution in [0.3, 0.4) is 0 Å². The van der Waals surface area contributed by atoms with Crippen LogP contribution < -0.4 is 5.32 Å². The highest BCUT2D eigenvalue weighted by atomic mass is 15.2. The molecular weight excluding hydrogens is 246 g/mol. The number of piperazine rings is 1. The van der Waals surface area contributed by atoms with Crippen molar-refractivity contribution in [2.24, 2.45) is 5.92 Å². The van der Waals surface area contributed by atoms with Crippen LogP contribution in [0.25, 0.3) is 0 Å². The van der Waals surface area contributed by atoms with E-state index >= 15 is 0 Å². The summed E-state index contributed by atoms with van der Waals surface area (Å²) in [5, 5.41) is 3.76. The predicted molar refractivity (Wildman–Crippen MR) is 82.7 cm³/mol. The number of rotatable bonds is 4. The van der Waals surface area contributed by atoms with Crippen molar-refractivity contribution in [1.29, 1.82) is 0 Å². The first-order valence-electron chi connectivity index (χ1n) is 8.27. The largest absolute Gasteiger partial charge is 0.311 e. The summed E-state index contributed by atoms with van der Waals surface area (Å²) in [5.74, 6) is 0.918. The second-order valence-electron chi connectivity index (χ2n) is 6.33. The van der Waals surface area contributed by atoms with Crippen molar-refractivity contribution in [1.82, 2.24) is 15.2 Å². The lowest BCUT2D eigenvalue weighted by Gasteiger charge is -2.39. The van der Waals surface area contributed by atoms with Gasteiger partial charge < -0.3 is 10.2 Å². The lowest BCUT2D eigenvalue weighted by molar-refractivity contribution is 0.147. The van der Waals surface area contributed by atoms with Crippen molar-refractivity contribution >= 4 is 0 Å². The standard InChI is InChI=1S/C17H27N3/c1-2-6-15(7-3-1)17-14-20(13-11-19-17)12-9-16-8-4-5-10-18-16/h4-5,8,10,15,17,19H,1-3,6-7,9,11-14H2. The summed E-state index contributed by atoms with van der Waals surface area (Å²) in [7, 11) is 0. The Balaban J connectivity index is 1.47. The molecule has 1 saturated heterocycles. The molecule has 1 atom stereocenters. The molecule has 0 aromatic carbocycles. The van der Waals surface area contributed by atoms with Gasteiger partial charge in [-0.2, -0.15) is 0 Å². The Bertz CT molecular complexity index is 386. The molecule has 3 rings (SSSR count). The molecular formula is C17H27N3. The van der Waals surface area contributed by atoms with E-state index in [2.05, 4.69) is 27.3 Å². The molecule has 1 aromatic rings. The summed E-state index contributed by atoms with van der Waals surface area (Å²) in [5.41, 5.74) is 1.22. The lowest BCUT2D eigenvalue weighted by Crippen LogP contribution is -2.54. The molecule has 1 aliphatic carbocycles. The Hall–Kier alpha value is -0.930. The number of hydrogen-bond donors (Lipinski definition) is 1. The third-order valence-electron chi connectivity index (χ3n) is 4.92. The van der Waals surface area contributed by atoms with Gasteiger partial charge in [0.15, 0.2) is 0 Å². The van der Waals surface area contributed by atoms with E-state index in [0.29, 0.717) is 0 Å². The normalized spacial score (nSPS) is 25.7. The van der Waals surface area contributed by atoms with Crippen LogP contribution in [-0.2, 0) is 6.42 Å². The number of nitrogens with zero attached hydrogens (tertiary/aromatic N) is 2. The van der Waals surface area contributed by atoms with Gasteiger partial charge in [0.05, 0.1) is 0 Å². The highest BCUT2D eigenvalue weighted by molar-refractivity contribution is 5.04. The van der Waals surface area contributed by atoms with Crippen LogP contribution in [0.5, 0.6) is 0 Å². The van der Waals surface area contributed by atoms with Gasteiger partial charge in [-0.25, -0.2) is 0 Å². The van der Waals surface area contributed by atoms with E-state index in [1.807, 2.05) is 12.3 Å². The summed E-state index contributed by atoms with van der Waals surface area (Å²) in [6.07, 6.45) is 10.2. The zero-order chi connectivity index (χ0) is 13.6. The Morgan fingerprint density at radius 3 is 2.90 bits per heavy atom. The van der Waals surface area contributed by atoms with Crippen LogP contribution >= 0.6 is 0 Å². The zero-order valence-electron chi connectivity index (χ0n) is 12.4. The van der Waals surface area contributed by atoms with Gasteiger partial charge in [-0.1, -0.05) is 25.3 Å². The summed E-state index contributed by atoms with van der Waals surface area (Å²) in [6, 6.07) is 6.95. The van der Waals surface area contributed by atoms with Crippen LogP contribution in [0, 0.1) is 5.92 Å². The monoisotopic (exact) mass is 273 g/mol. The maximum Gasteiger partial charge on any atom is 0.0416 e. The average Bonchev–Trinajstić information content (AvgIpc) is 2.55. The van der Waals surface area contributed by atoms with Gasteiger partial charge in [0, 0.05) is 50.5 Å². The van der Waals surface area contributed by atoms with Gasteiger partial charge in [0.2, 0.25) is 0 Å². The van der Waals surface area contributed by atoms with Crippen molar-refractivity contribution in [2.75, 3.05) is 26.2 Å². The molecule has 3 heteroatoms. The second-order valence-corrected chi connectivity index (χ2v) is 6.33. The zero-order valence-corrected chi connectivity index (χ0v) is 12.4. The summed E-state index contributed by atoms with van der Waals surface area (Å²) in [6.45, 7) is 4.73. The Kier molecular flexibility index (Phi) is 5.04. The fourth-order valence-corrected chi connectivity index (χ4v) is 3.72. The maximum atomic E-state index is 4.43. The fourth-order valence-electron chi connectivity index (χ4n) is 3.72. The molecule has 0 amide bonds. The van der Waals surface area contributed by atoms with Gasteiger partial charge >= 0.3 is 0 Å². The Morgan fingerprint density at radius 2 is 2.10 bits per heavy atom. The second kappa shape index (κ2) is 7.19. The quantitative estimate of drug-likeness (QED) is 0.913. The molecule has 1 N–H and O–H groups in total. The molecule has 0 spiro atoms. The maximum absolute atomic E-state index is 4.43. The van der Waals surface area contributed by atoms with Gasteiger partial charge in [-0.05, 0) is 30.9 Å². The van der Waals surface area contributed by atoms with Gasteiger partial charge in [-0.15, -0.1) is 0 Å². The summed E-state index contributed by atoms with van der Waals surface area (Å²) < 4.78 is 0. The van der Waals surface area contributed by atoms with Crippen molar-refractivity contribution < 1.29 is 0 Å². The SMILES string of the molecule is c1ccc(CCN2CCNC(C3CCCCC3)C2)nc1. The molecule has 1 aliphatic heterocycles. The van der Waals surface area contributed by atoms with E-state index in [0.717, 1.165) is 31.5 Å². The minimum absolute atomic E-state index is 0.729. The first kappa shape index (κ1) is 14.0. The molecule has 1 saturated carbocycles. The van der Waals surface area contributed by atoms with E-state index in [9.17, 15) is 0 Å². The van der Waals surface area contributed by atoms with E-state index in [4.69, 9.17) is 0 Å². The third kappa shape index (κ3) is 3.80. The van der Waals surface area contributed by atoms with Crippen molar-refractivity contribution in [3.05, 3.63) is 30.1 Å². The molecule has 2 aliphatic rings. The fraction of sp³-hybridized carbons (Fsp3) is 0.706. The molecule has 0 radical (unpaired) electrons. The van der Waals surface area contributed by atoms with Gasteiger partial charge in [0.1, 0.15) is 0 Å². The van der Waals surface area contributed by atoms with Crippen molar-refractivity contribution in [3.63, 3.8) is 0 Å². The first-order valence-corrected chi connectivity index (χ1v) is 8.27. The van der Waals surface area contributed by atoms with Crippen LogP contribution in [0.4, 0.5) is 0 Å². The summed E-state index contributed by atoms with van der Waals surface area (Å²) in [4.78, 5) is 7.06. The predicted octanol–water partition coefficient (Wildman–Crippen LogP) is 2.48. The molecule has 110 valence electrons. The molecule has 0 bridgehead atoms.